The molecule has 1 unspecified atom stereocenters. The largest absolute Gasteiger partial charge is 0.481 e. The zero-order chi connectivity index (χ0) is 11.6. The topological polar surface area (TPSA) is 91.8 Å². The van der Waals surface area contributed by atoms with Gasteiger partial charge in [-0.1, -0.05) is 0 Å². The molecule has 0 bridgehead atoms. The molecule has 1 atom stereocenters. The maximum Gasteiger partial charge on any atom is 0.308 e. The molecule has 1 aliphatic heterocycles. The molecular weight excluding hydrogens is 222 g/mol. The number of hydrogen-bond donors (Lipinski definition) is 1. The van der Waals surface area contributed by atoms with Crippen molar-refractivity contribution >= 4 is 21.9 Å². The minimum Gasteiger partial charge on any atom is -0.481 e. The summed E-state index contributed by atoms with van der Waals surface area (Å²) in [4.78, 5) is 22.0. The van der Waals surface area contributed by atoms with Gasteiger partial charge in [0.2, 0.25) is 15.9 Å². The number of hydrogen-bond acceptors (Lipinski definition) is 4. The van der Waals surface area contributed by atoms with Crippen LogP contribution >= 0.6 is 0 Å². The van der Waals surface area contributed by atoms with Crippen molar-refractivity contribution in [3.8, 4) is 0 Å². The van der Waals surface area contributed by atoms with Crippen molar-refractivity contribution < 1.29 is 23.1 Å². The van der Waals surface area contributed by atoms with Crippen molar-refractivity contribution in [2.75, 3.05) is 12.3 Å². The maximum absolute atomic E-state index is 11.4. The van der Waals surface area contributed by atoms with Gasteiger partial charge in [0.05, 0.1) is 18.2 Å². The van der Waals surface area contributed by atoms with E-state index in [1.165, 1.54) is 6.92 Å². The van der Waals surface area contributed by atoms with Crippen molar-refractivity contribution in [3.63, 3.8) is 0 Å². The van der Waals surface area contributed by atoms with E-state index in [1.807, 2.05) is 0 Å². The summed E-state index contributed by atoms with van der Waals surface area (Å²) >= 11 is 0. The van der Waals surface area contributed by atoms with Crippen LogP contribution in [-0.4, -0.2) is 42.0 Å². The Hall–Kier alpha value is -1.11. The van der Waals surface area contributed by atoms with Gasteiger partial charge in [0, 0.05) is 6.42 Å². The zero-order valence-corrected chi connectivity index (χ0v) is 9.16. The SMILES string of the molecule is CCS(=O)(=O)N1CC(C(=O)O)CCC1=O. The number of amides is 1. The predicted octanol–water partition coefficient (Wildman–Crippen LogP) is -0.341. The van der Waals surface area contributed by atoms with E-state index >= 15 is 0 Å². The van der Waals surface area contributed by atoms with Crippen molar-refractivity contribution in [2.24, 2.45) is 5.92 Å². The van der Waals surface area contributed by atoms with Gasteiger partial charge in [-0.2, -0.15) is 0 Å². The van der Waals surface area contributed by atoms with Gasteiger partial charge in [-0.05, 0) is 13.3 Å². The van der Waals surface area contributed by atoms with E-state index in [2.05, 4.69) is 0 Å². The number of piperidine rings is 1. The zero-order valence-electron chi connectivity index (χ0n) is 8.34. The fourth-order valence-electron chi connectivity index (χ4n) is 1.44. The Morgan fingerprint density at radius 1 is 1.60 bits per heavy atom. The minimum atomic E-state index is -3.62. The van der Waals surface area contributed by atoms with Crippen LogP contribution < -0.4 is 0 Å². The average molecular weight is 235 g/mol. The molecule has 86 valence electrons. The van der Waals surface area contributed by atoms with Gasteiger partial charge in [-0.3, -0.25) is 9.59 Å². The Morgan fingerprint density at radius 2 is 2.20 bits per heavy atom. The summed E-state index contributed by atoms with van der Waals surface area (Å²) in [5, 5.41) is 8.75. The van der Waals surface area contributed by atoms with Crippen molar-refractivity contribution in [3.05, 3.63) is 0 Å². The molecule has 1 heterocycles. The van der Waals surface area contributed by atoms with Crippen LogP contribution in [0.1, 0.15) is 19.8 Å². The second kappa shape index (κ2) is 4.18. The summed E-state index contributed by atoms with van der Waals surface area (Å²) in [5.74, 6) is -2.53. The van der Waals surface area contributed by atoms with Crippen LogP contribution in [0.3, 0.4) is 0 Å². The third kappa shape index (κ3) is 2.47. The minimum absolute atomic E-state index is 0.0177. The lowest BCUT2D eigenvalue weighted by Crippen LogP contribution is -2.46. The molecule has 1 N–H and O–H groups in total. The molecule has 1 aliphatic rings. The monoisotopic (exact) mass is 235 g/mol. The standard InChI is InChI=1S/C8H13NO5S/c1-2-15(13,14)9-5-6(8(11)12)3-4-7(9)10/h6H,2-5H2,1H3,(H,11,12). The molecule has 0 radical (unpaired) electrons. The number of nitrogens with zero attached hydrogens (tertiary/aromatic N) is 1. The Morgan fingerprint density at radius 3 is 2.67 bits per heavy atom. The van der Waals surface area contributed by atoms with E-state index in [-0.39, 0.29) is 25.1 Å². The molecular formula is C8H13NO5S. The van der Waals surface area contributed by atoms with Crippen LogP contribution in [0.4, 0.5) is 0 Å². The Labute approximate surface area is 87.9 Å². The van der Waals surface area contributed by atoms with Crippen LogP contribution in [0.5, 0.6) is 0 Å². The third-order valence-corrected chi connectivity index (χ3v) is 4.17. The lowest BCUT2D eigenvalue weighted by Gasteiger charge is -2.29. The first-order chi connectivity index (χ1) is 6.88. The van der Waals surface area contributed by atoms with Crippen LogP contribution in [-0.2, 0) is 19.6 Å². The van der Waals surface area contributed by atoms with Crippen molar-refractivity contribution in [2.45, 2.75) is 19.8 Å². The maximum atomic E-state index is 11.4. The van der Waals surface area contributed by atoms with E-state index in [9.17, 15) is 18.0 Å². The fraction of sp³-hybridized carbons (Fsp3) is 0.750. The molecule has 0 aromatic rings. The van der Waals surface area contributed by atoms with Gasteiger partial charge < -0.3 is 5.11 Å². The van der Waals surface area contributed by atoms with Gasteiger partial charge in [-0.15, -0.1) is 0 Å². The third-order valence-electron chi connectivity index (χ3n) is 2.42. The molecule has 1 saturated heterocycles. The molecule has 0 aromatic heterocycles. The van der Waals surface area contributed by atoms with E-state index < -0.39 is 27.8 Å². The number of sulfonamides is 1. The summed E-state index contributed by atoms with van der Waals surface area (Å²) in [7, 11) is -3.62. The Kier molecular flexibility index (Phi) is 3.33. The van der Waals surface area contributed by atoms with Crippen molar-refractivity contribution in [1.82, 2.24) is 4.31 Å². The number of rotatable bonds is 3. The summed E-state index contributed by atoms with van der Waals surface area (Å²) < 4.78 is 23.6. The highest BCUT2D eigenvalue weighted by Crippen LogP contribution is 2.20. The fourth-order valence-corrected chi connectivity index (χ4v) is 2.56. The lowest BCUT2D eigenvalue weighted by molar-refractivity contribution is -0.145. The quantitative estimate of drug-likeness (QED) is 0.722. The van der Waals surface area contributed by atoms with Gasteiger partial charge in [0.15, 0.2) is 0 Å². The molecule has 0 aliphatic carbocycles. The highest BCUT2D eigenvalue weighted by atomic mass is 32.2. The first-order valence-corrected chi connectivity index (χ1v) is 6.25. The summed E-state index contributed by atoms with van der Waals surface area (Å²) in [6.45, 7) is 1.19. The van der Waals surface area contributed by atoms with Gasteiger partial charge >= 0.3 is 5.97 Å². The molecule has 0 aromatic carbocycles. The summed E-state index contributed by atoms with van der Waals surface area (Å²) in [6.07, 6.45) is 0.195. The number of carbonyl (C=O) groups is 2. The predicted molar refractivity (Wildman–Crippen MR) is 51.5 cm³/mol. The normalized spacial score (nSPS) is 22.9. The summed E-state index contributed by atoms with van der Waals surface area (Å²) in [5.41, 5.74) is 0. The molecule has 6 nitrogen and oxygen atoms in total. The highest BCUT2D eigenvalue weighted by Gasteiger charge is 2.35. The molecule has 0 spiro atoms. The van der Waals surface area contributed by atoms with Crippen LogP contribution in [0.25, 0.3) is 0 Å². The van der Waals surface area contributed by atoms with Crippen LogP contribution in [0, 0.1) is 5.92 Å². The number of carboxylic acids is 1. The van der Waals surface area contributed by atoms with E-state index in [0.29, 0.717) is 4.31 Å². The van der Waals surface area contributed by atoms with E-state index in [0.717, 1.165) is 0 Å². The molecule has 1 rings (SSSR count). The first kappa shape index (κ1) is 12.0. The summed E-state index contributed by atoms with van der Waals surface area (Å²) in [6, 6.07) is 0. The smallest absolute Gasteiger partial charge is 0.308 e. The highest BCUT2D eigenvalue weighted by molar-refractivity contribution is 7.89. The number of carbonyl (C=O) groups excluding carboxylic acids is 1. The second-order valence-electron chi connectivity index (χ2n) is 3.40. The Bertz CT molecular complexity index is 374. The molecule has 7 heteroatoms. The average Bonchev–Trinajstić information content (AvgIpc) is 2.17. The van der Waals surface area contributed by atoms with Gasteiger partial charge in [0.1, 0.15) is 0 Å². The van der Waals surface area contributed by atoms with Gasteiger partial charge in [-0.25, -0.2) is 12.7 Å². The molecule has 0 saturated carbocycles. The van der Waals surface area contributed by atoms with Gasteiger partial charge in [0.25, 0.3) is 0 Å². The van der Waals surface area contributed by atoms with Crippen LogP contribution in [0.2, 0.25) is 0 Å². The Balaban J connectivity index is 2.88. The van der Waals surface area contributed by atoms with E-state index in [4.69, 9.17) is 5.11 Å². The molecule has 15 heavy (non-hydrogen) atoms. The first-order valence-electron chi connectivity index (χ1n) is 4.64. The molecule has 1 amide bonds. The second-order valence-corrected chi connectivity index (χ2v) is 5.58. The van der Waals surface area contributed by atoms with Crippen LogP contribution in [0.15, 0.2) is 0 Å². The number of aliphatic carboxylic acids is 1. The van der Waals surface area contributed by atoms with Crippen molar-refractivity contribution in [1.29, 1.82) is 0 Å². The molecule has 1 fully saturated rings. The van der Waals surface area contributed by atoms with E-state index in [1.54, 1.807) is 0 Å². The lowest BCUT2D eigenvalue weighted by atomic mass is 10.00. The number of carboxylic acid groups (broad SMARTS) is 1.